The number of benzene rings is 1. The molecule has 1 aromatic heterocycles. The maximum atomic E-state index is 13.0. The Balaban J connectivity index is 1.23. The van der Waals surface area contributed by atoms with Crippen molar-refractivity contribution in [1.82, 2.24) is 19.6 Å². The van der Waals surface area contributed by atoms with Crippen molar-refractivity contribution in [3.8, 4) is 0 Å². The lowest BCUT2D eigenvalue weighted by molar-refractivity contribution is 0.0585. The first-order chi connectivity index (χ1) is 16.9. The van der Waals surface area contributed by atoms with E-state index in [0.29, 0.717) is 5.82 Å². The van der Waals surface area contributed by atoms with Gasteiger partial charge in [-0.2, -0.15) is 4.68 Å². The molecule has 1 N–H and O–H groups in total. The van der Waals surface area contributed by atoms with E-state index >= 15 is 0 Å². The van der Waals surface area contributed by atoms with E-state index in [2.05, 4.69) is 51.9 Å². The Morgan fingerprint density at radius 1 is 1.11 bits per heavy atom. The third-order valence-corrected chi connectivity index (χ3v) is 7.83. The van der Waals surface area contributed by atoms with Crippen LogP contribution in [0.1, 0.15) is 43.7 Å². The monoisotopic (exact) mass is 478 g/mol. The molecule has 3 fully saturated rings. The van der Waals surface area contributed by atoms with Crippen LogP contribution in [0.5, 0.6) is 0 Å². The summed E-state index contributed by atoms with van der Waals surface area (Å²) < 4.78 is 6.99. The lowest BCUT2D eigenvalue weighted by Gasteiger charge is -2.45. The van der Waals surface area contributed by atoms with Gasteiger partial charge in [0, 0.05) is 61.9 Å². The molecule has 1 amide bonds. The van der Waals surface area contributed by atoms with Crippen molar-refractivity contribution in [2.75, 3.05) is 56.2 Å². The number of likely N-dealkylation sites (tertiary alicyclic amines) is 2. The van der Waals surface area contributed by atoms with Crippen LogP contribution >= 0.6 is 0 Å². The van der Waals surface area contributed by atoms with Gasteiger partial charge < -0.3 is 19.9 Å². The summed E-state index contributed by atoms with van der Waals surface area (Å²) in [5.74, 6) is 0.649. The van der Waals surface area contributed by atoms with Crippen LogP contribution in [-0.4, -0.2) is 77.1 Å². The Bertz CT molecular complexity index is 1070. The van der Waals surface area contributed by atoms with Gasteiger partial charge in [-0.25, -0.2) is 4.79 Å². The highest BCUT2D eigenvalue weighted by atomic mass is 16.5. The lowest BCUT2D eigenvalue weighted by Crippen LogP contribution is -2.53. The summed E-state index contributed by atoms with van der Waals surface area (Å²) in [5.41, 5.74) is 5.05. The predicted molar refractivity (Wildman–Crippen MR) is 139 cm³/mol. The number of allylic oxidation sites excluding steroid dienone is 1. The molecule has 4 heterocycles. The minimum Gasteiger partial charge on any atom is -0.378 e. The molecule has 1 aromatic carbocycles. The number of carbonyl (C=O) groups is 1. The van der Waals surface area contributed by atoms with Crippen LogP contribution in [0.2, 0.25) is 0 Å². The Morgan fingerprint density at radius 3 is 2.63 bits per heavy atom. The quantitative estimate of drug-likeness (QED) is 0.699. The highest BCUT2D eigenvalue weighted by Gasteiger charge is 2.43. The number of hydrogen-bond donors (Lipinski definition) is 1. The normalized spacial score (nSPS) is 20.4. The van der Waals surface area contributed by atoms with E-state index in [1.165, 1.54) is 34.3 Å². The summed E-state index contributed by atoms with van der Waals surface area (Å²) in [4.78, 5) is 20.1. The number of rotatable bonds is 5. The second kappa shape index (κ2) is 10.0. The van der Waals surface area contributed by atoms with Gasteiger partial charge in [-0.3, -0.25) is 4.90 Å². The van der Waals surface area contributed by atoms with Crippen LogP contribution in [0.4, 0.5) is 16.3 Å². The molecule has 3 saturated heterocycles. The van der Waals surface area contributed by atoms with Gasteiger partial charge in [0.1, 0.15) is 0 Å². The number of nitrogens with zero attached hydrogens (tertiary/aromatic N) is 5. The number of piperidine rings is 1. The second-order valence-corrected chi connectivity index (χ2v) is 10.3. The molecule has 2 aromatic rings. The summed E-state index contributed by atoms with van der Waals surface area (Å²) in [5, 5.41) is 7.44. The first-order valence-electron chi connectivity index (χ1n) is 12.9. The topological polar surface area (TPSA) is 65.9 Å². The molecule has 8 heteroatoms. The molecule has 3 aliphatic rings. The Kier molecular flexibility index (Phi) is 6.84. The van der Waals surface area contributed by atoms with Crippen molar-refractivity contribution >= 4 is 17.5 Å². The minimum absolute atomic E-state index is 0.0483. The first kappa shape index (κ1) is 23.9. The Morgan fingerprint density at radius 2 is 1.89 bits per heavy atom. The van der Waals surface area contributed by atoms with Crippen molar-refractivity contribution in [3.05, 3.63) is 53.9 Å². The number of anilines is 2. The second-order valence-electron chi connectivity index (χ2n) is 10.3. The number of aryl methyl sites for hydroxylation is 1. The smallest absolute Gasteiger partial charge is 0.344 e. The van der Waals surface area contributed by atoms with Crippen molar-refractivity contribution in [3.63, 3.8) is 0 Å². The highest BCUT2D eigenvalue weighted by molar-refractivity contribution is 5.76. The molecular weight excluding hydrogens is 440 g/mol. The minimum atomic E-state index is -0.0483. The molecule has 0 unspecified atom stereocenters. The van der Waals surface area contributed by atoms with Gasteiger partial charge in [-0.15, -0.1) is 5.10 Å². The van der Waals surface area contributed by atoms with Crippen molar-refractivity contribution in [2.45, 2.75) is 51.6 Å². The van der Waals surface area contributed by atoms with E-state index < -0.39 is 0 Å². The van der Waals surface area contributed by atoms with E-state index in [9.17, 15) is 4.79 Å². The molecular formula is C27H38N6O2. The Labute approximate surface area is 208 Å². The van der Waals surface area contributed by atoms with E-state index in [4.69, 9.17) is 4.74 Å². The summed E-state index contributed by atoms with van der Waals surface area (Å²) in [6, 6.07) is 8.71. The maximum absolute atomic E-state index is 13.0. The molecule has 188 valence electrons. The number of aromatic nitrogens is 2. The average Bonchev–Trinajstić information content (AvgIpc) is 3.48. The zero-order valence-electron chi connectivity index (χ0n) is 21.1. The molecule has 5 rings (SSSR count). The number of ether oxygens (including phenoxy) is 1. The van der Waals surface area contributed by atoms with E-state index in [0.717, 1.165) is 71.0 Å². The SMILES string of the molecule is C=C(C)Nc1ccn(C(=O)N2CCC3(CCCN3Cc3ccc(C)c(N4CCOCC4)c3)CC2)n1. The van der Waals surface area contributed by atoms with Gasteiger partial charge in [0.15, 0.2) is 5.82 Å². The average molecular weight is 479 g/mol. The van der Waals surface area contributed by atoms with Crippen molar-refractivity contribution in [2.24, 2.45) is 0 Å². The van der Waals surface area contributed by atoms with Crippen molar-refractivity contribution < 1.29 is 9.53 Å². The Hall–Kier alpha value is -2.84. The highest BCUT2D eigenvalue weighted by Crippen LogP contribution is 2.40. The van der Waals surface area contributed by atoms with Gasteiger partial charge in [0.25, 0.3) is 0 Å². The van der Waals surface area contributed by atoms with Crippen LogP contribution in [0.3, 0.4) is 0 Å². The van der Waals surface area contributed by atoms with Gasteiger partial charge in [-0.05, 0) is 63.3 Å². The van der Waals surface area contributed by atoms with Crippen LogP contribution in [-0.2, 0) is 11.3 Å². The molecule has 0 radical (unpaired) electrons. The molecule has 35 heavy (non-hydrogen) atoms. The maximum Gasteiger partial charge on any atom is 0.344 e. The number of amides is 1. The fourth-order valence-corrected chi connectivity index (χ4v) is 5.90. The standard InChI is InChI=1S/C27H38N6O2/c1-21(2)28-25-7-12-33(29-25)26(34)31-13-9-27(10-14-31)8-4-11-32(27)20-23-6-5-22(3)24(19-23)30-15-17-35-18-16-30/h5-7,12,19H,1,4,8-11,13-18,20H2,2-3H3,(H,28,29). The first-order valence-corrected chi connectivity index (χ1v) is 12.9. The van der Waals surface area contributed by atoms with Crippen LogP contribution in [0, 0.1) is 6.92 Å². The summed E-state index contributed by atoms with van der Waals surface area (Å²) in [6.45, 7) is 15.1. The van der Waals surface area contributed by atoms with Gasteiger partial charge >= 0.3 is 6.03 Å². The molecule has 8 nitrogen and oxygen atoms in total. The van der Waals surface area contributed by atoms with E-state index in [1.54, 1.807) is 6.20 Å². The third kappa shape index (κ3) is 5.09. The van der Waals surface area contributed by atoms with Crippen LogP contribution < -0.4 is 10.2 Å². The molecule has 0 atom stereocenters. The fraction of sp³-hybridized carbons (Fsp3) is 0.556. The van der Waals surface area contributed by atoms with Gasteiger partial charge in [0.2, 0.25) is 0 Å². The summed E-state index contributed by atoms with van der Waals surface area (Å²) in [6.07, 6.45) is 6.19. The van der Waals surface area contributed by atoms with Gasteiger partial charge in [-0.1, -0.05) is 18.7 Å². The van der Waals surface area contributed by atoms with E-state index in [1.807, 2.05) is 17.9 Å². The molecule has 0 bridgehead atoms. The summed E-state index contributed by atoms with van der Waals surface area (Å²) >= 11 is 0. The largest absolute Gasteiger partial charge is 0.378 e. The fourth-order valence-electron chi connectivity index (χ4n) is 5.90. The number of carbonyl (C=O) groups excluding carboxylic acids is 1. The summed E-state index contributed by atoms with van der Waals surface area (Å²) in [7, 11) is 0. The predicted octanol–water partition coefficient (Wildman–Crippen LogP) is 4.07. The zero-order chi connectivity index (χ0) is 24.4. The number of hydrogen-bond acceptors (Lipinski definition) is 6. The van der Waals surface area contributed by atoms with Crippen LogP contribution in [0.15, 0.2) is 42.7 Å². The zero-order valence-corrected chi connectivity index (χ0v) is 21.1. The molecule has 0 aliphatic carbocycles. The van der Waals surface area contributed by atoms with E-state index in [-0.39, 0.29) is 11.6 Å². The third-order valence-electron chi connectivity index (χ3n) is 7.83. The van der Waals surface area contributed by atoms with Gasteiger partial charge in [0.05, 0.1) is 13.2 Å². The van der Waals surface area contributed by atoms with Crippen molar-refractivity contribution in [1.29, 1.82) is 0 Å². The number of morpholine rings is 1. The molecule has 1 spiro atoms. The lowest BCUT2D eigenvalue weighted by atomic mass is 9.84. The van der Waals surface area contributed by atoms with Crippen LogP contribution in [0.25, 0.3) is 0 Å². The molecule has 3 aliphatic heterocycles. The number of nitrogens with one attached hydrogen (secondary N) is 1. The molecule has 0 saturated carbocycles.